The van der Waals surface area contributed by atoms with E-state index in [-0.39, 0.29) is 18.1 Å². The lowest BCUT2D eigenvalue weighted by atomic mass is 10.1. The summed E-state index contributed by atoms with van der Waals surface area (Å²) < 4.78 is 11.5. The van der Waals surface area contributed by atoms with E-state index in [1.165, 1.54) is 31.0 Å². The molecule has 1 amide bonds. The highest BCUT2D eigenvalue weighted by molar-refractivity contribution is 8.18. The third-order valence-corrected chi connectivity index (χ3v) is 5.97. The van der Waals surface area contributed by atoms with Crippen molar-refractivity contribution in [1.29, 1.82) is 0 Å². The number of aliphatic imine (C=N–C) groups is 1. The van der Waals surface area contributed by atoms with Crippen LogP contribution in [-0.2, 0) is 11.4 Å². The second kappa shape index (κ2) is 10.5. The third-order valence-electron chi connectivity index (χ3n) is 4.81. The fraction of sp³-hybridized carbons (Fsp3) is 0.0800. The maximum Gasteiger partial charge on any atom is 0.335 e. The number of thioether (sulfide) groups is 1. The molecule has 172 valence electrons. The predicted octanol–water partition coefficient (Wildman–Crippen LogP) is 5.52. The minimum atomic E-state index is -0.989. The highest BCUT2D eigenvalue weighted by Gasteiger charge is 2.25. The van der Waals surface area contributed by atoms with E-state index >= 15 is 0 Å². The van der Waals surface area contributed by atoms with Crippen LogP contribution < -0.4 is 14.8 Å². The number of amides is 1. The molecule has 9 heteroatoms. The van der Waals surface area contributed by atoms with Gasteiger partial charge in [0.1, 0.15) is 6.61 Å². The number of carboxylic acid groups (broad SMARTS) is 1. The molecule has 0 aliphatic carbocycles. The molecule has 34 heavy (non-hydrogen) atoms. The molecule has 3 aromatic carbocycles. The van der Waals surface area contributed by atoms with Crippen molar-refractivity contribution in [1.82, 2.24) is 5.32 Å². The van der Waals surface area contributed by atoms with E-state index in [1.807, 2.05) is 6.07 Å². The molecule has 0 unspecified atom stereocenters. The van der Waals surface area contributed by atoms with Crippen LogP contribution in [0, 0.1) is 0 Å². The standard InChI is InChI=1S/C25H19ClN2O5S/c1-32-20-4-2-3-17(22(20)33-14-15-5-7-16(8-6-15)24(30)31)13-21-23(29)28-25(34-21)27-19-11-9-18(26)10-12-19/h2-13H,14H2,1H3,(H,30,31)(H,27,28,29)/b21-13-. The first-order valence-corrected chi connectivity index (χ1v) is 11.3. The number of para-hydroxylation sites is 1. The number of methoxy groups -OCH3 is 1. The lowest BCUT2D eigenvalue weighted by Gasteiger charge is -2.14. The summed E-state index contributed by atoms with van der Waals surface area (Å²) in [4.78, 5) is 28.5. The molecule has 0 atom stereocenters. The lowest BCUT2D eigenvalue weighted by Crippen LogP contribution is -2.19. The van der Waals surface area contributed by atoms with Gasteiger partial charge < -0.3 is 19.9 Å². The zero-order chi connectivity index (χ0) is 24.1. The number of hydrogen-bond donors (Lipinski definition) is 2. The van der Waals surface area contributed by atoms with Crippen molar-refractivity contribution in [2.24, 2.45) is 4.99 Å². The van der Waals surface area contributed by atoms with Gasteiger partial charge in [0.2, 0.25) is 0 Å². The Kier molecular flexibility index (Phi) is 7.20. The number of benzene rings is 3. The average Bonchev–Trinajstić information content (AvgIpc) is 3.18. The summed E-state index contributed by atoms with van der Waals surface area (Å²) in [6, 6.07) is 18.8. The first-order chi connectivity index (χ1) is 16.4. The summed E-state index contributed by atoms with van der Waals surface area (Å²) in [6.07, 6.45) is 1.72. The molecule has 1 saturated heterocycles. The Morgan fingerprint density at radius 1 is 1.12 bits per heavy atom. The number of aromatic carboxylic acids is 1. The van der Waals surface area contributed by atoms with E-state index in [0.29, 0.717) is 37.8 Å². The number of carboxylic acids is 1. The van der Waals surface area contributed by atoms with E-state index in [4.69, 9.17) is 26.2 Å². The monoisotopic (exact) mass is 494 g/mol. The summed E-state index contributed by atoms with van der Waals surface area (Å²) in [7, 11) is 1.54. The first kappa shape index (κ1) is 23.4. The molecule has 3 aromatic rings. The van der Waals surface area contributed by atoms with E-state index in [2.05, 4.69) is 10.3 Å². The molecule has 0 bridgehead atoms. The minimum absolute atomic E-state index is 0.194. The number of rotatable bonds is 7. The second-order valence-electron chi connectivity index (χ2n) is 7.13. The van der Waals surface area contributed by atoms with Crippen molar-refractivity contribution >= 4 is 52.2 Å². The average molecular weight is 495 g/mol. The summed E-state index contributed by atoms with van der Waals surface area (Å²) in [5.41, 5.74) is 2.33. The fourth-order valence-electron chi connectivity index (χ4n) is 3.12. The molecule has 4 rings (SSSR count). The molecule has 1 fully saturated rings. The Bertz CT molecular complexity index is 1290. The SMILES string of the molecule is COc1cccc(/C=C2\SC(=Nc3ccc(Cl)cc3)NC2=O)c1OCc1ccc(C(=O)O)cc1. The van der Waals surface area contributed by atoms with Crippen LogP contribution in [0.5, 0.6) is 11.5 Å². The second-order valence-corrected chi connectivity index (χ2v) is 8.59. The Morgan fingerprint density at radius 2 is 1.85 bits per heavy atom. The Balaban J connectivity index is 1.56. The highest BCUT2D eigenvalue weighted by atomic mass is 35.5. The van der Waals surface area contributed by atoms with Crippen LogP contribution >= 0.6 is 23.4 Å². The van der Waals surface area contributed by atoms with Gasteiger partial charge in [0.15, 0.2) is 16.7 Å². The quantitative estimate of drug-likeness (QED) is 0.420. The van der Waals surface area contributed by atoms with Gasteiger partial charge in [-0.05, 0) is 65.9 Å². The van der Waals surface area contributed by atoms with Crippen LogP contribution in [-0.4, -0.2) is 29.3 Å². The van der Waals surface area contributed by atoms with Gasteiger partial charge in [0.25, 0.3) is 5.91 Å². The number of amidine groups is 1. The maximum absolute atomic E-state index is 12.5. The van der Waals surface area contributed by atoms with Gasteiger partial charge in [-0.1, -0.05) is 35.9 Å². The van der Waals surface area contributed by atoms with Gasteiger partial charge in [-0.2, -0.15) is 0 Å². The smallest absolute Gasteiger partial charge is 0.335 e. The van der Waals surface area contributed by atoms with Gasteiger partial charge in [0, 0.05) is 10.6 Å². The molecule has 1 aliphatic rings. The molecule has 1 heterocycles. The number of carbonyl (C=O) groups is 2. The first-order valence-electron chi connectivity index (χ1n) is 10.1. The van der Waals surface area contributed by atoms with Crippen molar-refractivity contribution < 1.29 is 24.2 Å². The van der Waals surface area contributed by atoms with Crippen molar-refractivity contribution in [3.63, 3.8) is 0 Å². The number of nitrogens with zero attached hydrogens (tertiary/aromatic N) is 1. The van der Waals surface area contributed by atoms with Crippen LogP contribution in [0.2, 0.25) is 5.02 Å². The van der Waals surface area contributed by atoms with E-state index < -0.39 is 5.97 Å². The Hall–Kier alpha value is -3.75. The lowest BCUT2D eigenvalue weighted by molar-refractivity contribution is -0.115. The third kappa shape index (κ3) is 5.59. The minimum Gasteiger partial charge on any atom is -0.493 e. The van der Waals surface area contributed by atoms with Crippen LogP contribution in [0.4, 0.5) is 5.69 Å². The predicted molar refractivity (Wildman–Crippen MR) is 133 cm³/mol. The number of halogens is 1. The molecule has 2 N–H and O–H groups in total. The molecule has 0 saturated carbocycles. The summed E-state index contributed by atoms with van der Waals surface area (Å²) >= 11 is 7.13. The van der Waals surface area contributed by atoms with Gasteiger partial charge in [-0.15, -0.1) is 0 Å². The van der Waals surface area contributed by atoms with Crippen LogP contribution in [0.1, 0.15) is 21.5 Å². The Morgan fingerprint density at radius 3 is 2.53 bits per heavy atom. The normalized spacial score (nSPS) is 15.4. The zero-order valence-electron chi connectivity index (χ0n) is 17.9. The van der Waals surface area contributed by atoms with Gasteiger partial charge in [-0.3, -0.25) is 4.79 Å². The summed E-state index contributed by atoms with van der Waals surface area (Å²) in [6.45, 7) is 0.194. The number of nitrogens with one attached hydrogen (secondary N) is 1. The molecule has 0 spiro atoms. The van der Waals surface area contributed by atoms with Crippen LogP contribution in [0.3, 0.4) is 0 Å². The summed E-state index contributed by atoms with van der Waals surface area (Å²) in [5.74, 6) is -0.278. The van der Waals surface area contributed by atoms with Crippen molar-refractivity contribution in [3.05, 3.63) is 93.3 Å². The maximum atomic E-state index is 12.5. The van der Waals surface area contributed by atoms with Crippen molar-refractivity contribution in [2.75, 3.05) is 7.11 Å². The molecule has 0 aromatic heterocycles. The molecule has 0 radical (unpaired) electrons. The van der Waals surface area contributed by atoms with Gasteiger partial charge >= 0.3 is 5.97 Å². The number of carbonyl (C=O) groups excluding carboxylic acids is 1. The summed E-state index contributed by atoms with van der Waals surface area (Å²) in [5, 5.41) is 12.9. The topological polar surface area (TPSA) is 97.2 Å². The van der Waals surface area contributed by atoms with E-state index in [0.717, 1.165) is 5.56 Å². The number of ether oxygens (including phenoxy) is 2. The highest BCUT2D eigenvalue weighted by Crippen LogP contribution is 2.36. The van der Waals surface area contributed by atoms with E-state index in [9.17, 15) is 9.59 Å². The van der Waals surface area contributed by atoms with E-state index in [1.54, 1.807) is 54.6 Å². The molecule has 7 nitrogen and oxygen atoms in total. The van der Waals surface area contributed by atoms with Crippen molar-refractivity contribution in [3.8, 4) is 11.5 Å². The van der Waals surface area contributed by atoms with Crippen molar-refractivity contribution in [2.45, 2.75) is 6.61 Å². The molecule has 1 aliphatic heterocycles. The zero-order valence-corrected chi connectivity index (χ0v) is 19.5. The fourth-order valence-corrected chi connectivity index (χ4v) is 4.07. The van der Waals surface area contributed by atoms with Gasteiger partial charge in [0.05, 0.1) is 23.3 Å². The van der Waals surface area contributed by atoms with Gasteiger partial charge in [-0.25, -0.2) is 9.79 Å². The number of hydrogen-bond acceptors (Lipinski definition) is 6. The molecular weight excluding hydrogens is 476 g/mol. The van der Waals surface area contributed by atoms with Crippen LogP contribution in [0.25, 0.3) is 6.08 Å². The van der Waals surface area contributed by atoms with Crippen LogP contribution in [0.15, 0.2) is 76.6 Å². The Labute approximate surface area is 205 Å². The molecular formula is C25H19ClN2O5S. The largest absolute Gasteiger partial charge is 0.493 e.